The fourth-order valence-electron chi connectivity index (χ4n) is 0.354. The van der Waals surface area contributed by atoms with Crippen molar-refractivity contribution in [1.29, 1.82) is 0 Å². The first-order valence-corrected chi connectivity index (χ1v) is 4.57. The normalized spacial score (nSPS) is 7.30. The molecule has 0 saturated carbocycles. The minimum Gasteiger partial charge on any atom is -0.550 e. The van der Waals surface area contributed by atoms with Crippen molar-refractivity contribution in [3.63, 3.8) is 0 Å². The van der Waals surface area contributed by atoms with Crippen molar-refractivity contribution in [3.05, 3.63) is 0 Å². The zero-order valence-electron chi connectivity index (χ0n) is 11.2. The van der Waals surface area contributed by atoms with E-state index < -0.39 is 55.1 Å². The summed E-state index contributed by atoms with van der Waals surface area (Å²) in [4.78, 5) is 55.7. The third-order valence-corrected chi connectivity index (χ3v) is 0.866. The van der Waals surface area contributed by atoms with Crippen molar-refractivity contribution >= 4 is 35.8 Å². The van der Waals surface area contributed by atoms with E-state index in [0.717, 1.165) is 0 Å². The monoisotopic (exact) mass is 584 g/mol. The van der Waals surface area contributed by atoms with Gasteiger partial charge in [0.25, 0.3) is 0 Å². The van der Waals surface area contributed by atoms with Gasteiger partial charge in [-0.1, -0.05) is 0 Å². The number of hydrogen-bond donors (Lipinski definition) is 0. The molecule has 0 aromatic rings. The van der Waals surface area contributed by atoms with Gasteiger partial charge in [-0.3, -0.25) is 0 Å². The van der Waals surface area contributed by atoms with Crippen molar-refractivity contribution < 1.29 is 131 Å². The first kappa shape index (κ1) is 33.7. The molecule has 0 atom stereocenters. The Labute approximate surface area is 184 Å². The van der Waals surface area contributed by atoms with E-state index in [2.05, 4.69) is 0 Å². The van der Waals surface area contributed by atoms with Crippen LogP contribution in [0.2, 0.25) is 0 Å². The largest absolute Gasteiger partial charge is 3.00 e. The Hall–Kier alpha value is -0.790. The van der Waals surface area contributed by atoms with Gasteiger partial charge in [0.15, 0.2) is 0 Å². The molecule has 0 heterocycles. The molecule has 0 unspecified atom stereocenters. The Kier molecular flexibility index (Phi) is 31.1. The second-order valence-electron chi connectivity index (χ2n) is 2.76. The molecule has 0 amide bonds. The second-order valence-corrected chi connectivity index (χ2v) is 2.76. The Balaban J connectivity index is -0.0000000675. The van der Waals surface area contributed by atoms with Gasteiger partial charge in [-0.2, -0.15) is 0 Å². The molecule has 0 aromatic carbocycles. The van der Waals surface area contributed by atoms with Gasteiger partial charge >= 0.3 is 71.2 Å². The van der Waals surface area contributed by atoms with Crippen LogP contribution in [0.4, 0.5) is 0 Å². The van der Waals surface area contributed by atoms with Crippen molar-refractivity contribution in [2.24, 2.45) is 0 Å². The molecule has 0 aromatic heterocycles. The minimum absolute atomic E-state index is 0. The van der Waals surface area contributed by atoms with Gasteiger partial charge in [0.05, 0.1) is 0 Å². The Bertz CT molecular complexity index is 321. The number of rotatable bonds is 6. The van der Waals surface area contributed by atoms with E-state index in [1.165, 1.54) is 0 Å². The predicted molar refractivity (Wildman–Crippen MR) is 43.9 cm³/mol. The van der Waals surface area contributed by atoms with Gasteiger partial charge < -0.3 is 59.4 Å². The Morgan fingerprint density at radius 1 is 0.391 bits per heavy atom. The fraction of sp³-hybridized carbons (Fsp3) is 0.333. The molecule has 12 nitrogen and oxygen atoms in total. The summed E-state index contributed by atoms with van der Waals surface area (Å²) in [6.07, 6.45) is -3.08. The number of carboxylic acids is 6. The number of carboxylic acid groups (broad SMARTS) is 6. The summed E-state index contributed by atoms with van der Waals surface area (Å²) in [5.41, 5.74) is 0. The van der Waals surface area contributed by atoms with E-state index in [1.807, 2.05) is 0 Å². The molecular weight excluding hydrogens is 578 g/mol. The third kappa shape index (κ3) is 62.3. The van der Waals surface area contributed by atoms with Crippen LogP contribution in [0.5, 0.6) is 0 Å². The summed E-state index contributed by atoms with van der Waals surface area (Å²) in [6.45, 7) is 0. The predicted octanol–water partition coefficient (Wildman–Crippen LogP) is -9.37. The van der Waals surface area contributed by atoms with Gasteiger partial charge in [0, 0.05) is 55.1 Å². The van der Waals surface area contributed by atoms with Gasteiger partial charge in [-0.25, -0.2) is 0 Å². The van der Waals surface area contributed by atoms with E-state index in [4.69, 9.17) is 0 Å². The van der Waals surface area contributed by atoms with E-state index in [1.54, 1.807) is 0 Å². The SMILES string of the molecule is O=C([O-])CC(=O)[O-].O=C([O-])CC(=O)[O-].O=C([O-])CC(=O)[O-].[La+3].[La+3]. The molecule has 0 aliphatic heterocycles. The van der Waals surface area contributed by atoms with Gasteiger partial charge in [0.2, 0.25) is 0 Å². The topological polar surface area (TPSA) is 241 Å². The van der Waals surface area contributed by atoms with Crippen LogP contribution in [-0.2, 0) is 28.8 Å². The van der Waals surface area contributed by atoms with Crippen molar-refractivity contribution in [2.75, 3.05) is 0 Å². The van der Waals surface area contributed by atoms with Crippen LogP contribution in [0.3, 0.4) is 0 Å². The summed E-state index contributed by atoms with van der Waals surface area (Å²) in [7, 11) is 0. The van der Waals surface area contributed by atoms with Crippen LogP contribution in [0.25, 0.3) is 0 Å². The maximum Gasteiger partial charge on any atom is 3.00 e. The summed E-state index contributed by atoms with van der Waals surface area (Å²) >= 11 is 0. The van der Waals surface area contributed by atoms with Crippen LogP contribution < -0.4 is 30.6 Å². The summed E-state index contributed by atoms with van der Waals surface area (Å²) < 4.78 is 0. The summed E-state index contributed by atoms with van der Waals surface area (Å²) in [5.74, 6) is -9.75. The maximum absolute atomic E-state index is 9.28. The van der Waals surface area contributed by atoms with Crippen molar-refractivity contribution in [1.82, 2.24) is 0 Å². The molecule has 0 aliphatic rings. The number of carbonyl (C=O) groups excluding carboxylic acids is 6. The Morgan fingerprint density at radius 2 is 0.478 bits per heavy atom. The summed E-state index contributed by atoms with van der Waals surface area (Å²) in [6, 6.07) is 0. The van der Waals surface area contributed by atoms with Crippen LogP contribution in [0.1, 0.15) is 19.3 Å². The molecule has 0 rings (SSSR count). The zero-order valence-corrected chi connectivity index (χ0v) is 18.4. The quantitative estimate of drug-likeness (QED) is 0.265. The first-order chi connectivity index (χ1) is 9.38. The molecule has 0 radical (unpaired) electrons. The molecule has 23 heavy (non-hydrogen) atoms. The maximum atomic E-state index is 9.28. The number of aliphatic carboxylic acids is 6. The zero-order chi connectivity index (χ0) is 17.6. The van der Waals surface area contributed by atoms with Crippen LogP contribution in [-0.4, -0.2) is 35.8 Å². The molecule has 0 fully saturated rings. The summed E-state index contributed by atoms with van der Waals surface area (Å²) in [5, 5.41) is 55.7. The molecule has 0 bridgehead atoms. The molecule has 0 spiro atoms. The van der Waals surface area contributed by atoms with E-state index in [0.29, 0.717) is 0 Å². The van der Waals surface area contributed by atoms with Crippen LogP contribution in [0.15, 0.2) is 0 Å². The molecular formula is C9H6La2O12. The average Bonchev–Trinajstić information content (AvgIpc) is 2.10. The molecule has 120 valence electrons. The minimum atomic E-state index is -1.63. The van der Waals surface area contributed by atoms with Crippen molar-refractivity contribution in [2.45, 2.75) is 19.3 Å². The van der Waals surface area contributed by atoms with E-state index in [9.17, 15) is 59.4 Å². The third-order valence-electron chi connectivity index (χ3n) is 0.866. The number of carbonyl (C=O) groups is 6. The van der Waals surface area contributed by atoms with Gasteiger partial charge in [-0.05, 0) is 0 Å². The molecule has 0 saturated heterocycles. The molecule has 0 aliphatic carbocycles. The standard InChI is InChI=1S/3C3H4O4.2La/c3*4-2(5)1-3(6)7;;/h3*1H2,(H,4,5)(H,6,7);;/q;;;2*+3/p-6. The average molecular weight is 584 g/mol. The van der Waals surface area contributed by atoms with Crippen molar-refractivity contribution in [3.8, 4) is 0 Å². The number of hydrogen-bond acceptors (Lipinski definition) is 12. The second kappa shape index (κ2) is 21.2. The van der Waals surface area contributed by atoms with Crippen LogP contribution in [0, 0.1) is 71.2 Å². The van der Waals surface area contributed by atoms with E-state index >= 15 is 0 Å². The van der Waals surface area contributed by atoms with E-state index in [-0.39, 0.29) is 71.2 Å². The van der Waals surface area contributed by atoms with Gasteiger partial charge in [-0.15, -0.1) is 0 Å². The van der Waals surface area contributed by atoms with Crippen LogP contribution >= 0.6 is 0 Å². The molecule has 0 N–H and O–H groups in total. The fourth-order valence-corrected chi connectivity index (χ4v) is 0.354. The smallest absolute Gasteiger partial charge is 0.550 e. The Morgan fingerprint density at radius 3 is 0.478 bits per heavy atom. The molecule has 14 heteroatoms. The van der Waals surface area contributed by atoms with Gasteiger partial charge in [0.1, 0.15) is 0 Å². The first-order valence-electron chi connectivity index (χ1n) is 4.57.